The Labute approximate surface area is 139 Å². The van der Waals surface area contributed by atoms with Crippen LogP contribution in [0, 0.1) is 13.8 Å². The van der Waals surface area contributed by atoms with Crippen LogP contribution in [0.5, 0.6) is 0 Å². The van der Waals surface area contributed by atoms with Gasteiger partial charge in [-0.2, -0.15) is 0 Å². The minimum absolute atomic E-state index is 1.01. The zero-order valence-corrected chi connectivity index (χ0v) is 14.1. The molecule has 3 rings (SSSR count). The molecule has 0 fully saturated rings. The molecule has 23 heavy (non-hydrogen) atoms. The van der Waals surface area contributed by atoms with Crippen molar-refractivity contribution in [3.8, 4) is 0 Å². The highest BCUT2D eigenvalue weighted by atomic mass is 15.1. The Morgan fingerprint density at radius 3 is 1.83 bits per heavy atom. The number of hydrogen-bond donors (Lipinski definition) is 0. The maximum atomic E-state index is 2.32. The van der Waals surface area contributed by atoms with Gasteiger partial charge in [0, 0.05) is 17.1 Å². The lowest BCUT2D eigenvalue weighted by atomic mass is 10.0. The van der Waals surface area contributed by atoms with Gasteiger partial charge in [-0.05, 0) is 69.2 Å². The number of allylic oxidation sites excluding steroid dienone is 5. The maximum absolute atomic E-state index is 2.32. The molecule has 0 N–H and O–H groups in total. The molecule has 0 atom stereocenters. The first-order valence-corrected chi connectivity index (χ1v) is 8.14. The van der Waals surface area contributed by atoms with E-state index in [4.69, 9.17) is 0 Å². The largest absolute Gasteiger partial charge is 0.311 e. The topological polar surface area (TPSA) is 3.24 Å². The van der Waals surface area contributed by atoms with Gasteiger partial charge in [0.15, 0.2) is 0 Å². The molecule has 0 bridgehead atoms. The Hall–Kier alpha value is -2.54. The van der Waals surface area contributed by atoms with Crippen LogP contribution < -0.4 is 4.90 Å². The van der Waals surface area contributed by atoms with E-state index < -0.39 is 0 Å². The van der Waals surface area contributed by atoms with Crippen LogP contribution in [0.1, 0.15) is 24.5 Å². The monoisotopic (exact) mass is 301 g/mol. The molecule has 0 unspecified atom stereocenters. The Kier molecular flexibility index (Phi) is 4.47. The molecule has 0 amide bonds. The predicted octanol–water partition coefficient (Wildman–Crippen LogP) is 6.23. The molecular weight excluding hydrogens is 278 g/mol. The van der Waals surface area contributed by atoms with E-state index >= 15 is 0 Å². The molecule has 2 aromatic carbocycles. The van der Waals surface area contributed by atoms with E-state index in [1.54, 1.807) is 0 Å². The van der Waals surface area contributed by atoms with Gasteiger partial charge in [-0.1, -0.05) is 47.5 Å². The second-order valence-electron chi connectivity index (χ2n) is 6.05. The highest BCUT2D eigenvalue weighted by molar-refractivity contribution is 5.71. The molecule has 0 aliphatic heterocycles. The van der Waals surface area contributed by atoms with Crippen molar-refractivity contribution < 1.29 is 0 Å². The smallest absolute Gasteiger partial charge is 0.0461 e. The molecule has 1 nitrogen and oxygen atoms in total. The molecule has 0 spiro atoms. The van der Waals surface area contributed by atoms with E-state index in [1.807, 2.05) is 0 Å². The third-order valence-corrected chi connectivity index (χ3v) is 4.19. The van der Waals surface area contributed by atoms with E-state index in [-0.39, 0.29) is 0 Å². The number of hydrogen-bond acceptors (Lipinski definition) is 1. The minimum atomic E-state index is 1.01. The summed E-state index contributed by atoms with van der Waals surface area (Å²) in [5, 5.41) is 0. The van der Waals surface area contributed by atoms with Crippen LogP contribution in [0.25, 0.3) is 0 Å². The first kappa shape index (κ1) is 15.4. The fourth-order valence-electron chi connectivity index (χ4n) is 2.79. The molecule has 1 heteroatoms. The van der Waals surface area contributed by atoms with Crippen molar-refractivity contribution in [2.75, 3.05) is 4.90 Å². The Bertz CT molecular complexity index is 713. The Morgan fingerprint density at radius 2 is 1.35 bits per heavy atom. The van der Waals surface area contributed by atoms with Crippen LogP contribution in [0.4, 0.5) is 11.4 Å². The number of aryl methyl sites for hydroxylation is 2. The number of anilines is 2. The van der Waals surface area contributed by atoms with Gasteiger partial charge in [0.25, 0.3) is 0 Å². The minimum Gasteiger partial charge on any atom is -0.311 e. The molecule has 1 aliphatic carbocycles. The summed E-state index contributed by atoms with van der Waals surface area (Å²) in [5.74, 6) is 0. The van der Waals surface area contributed by atoms with E-state index in [9.17, 15) is 0 Å². The van der Waals surface area contributed by atoms with Crippen molar-refractivity contribution in [3.05, 3.63) is 95.2 Å². The van der Waals surface area contributed by atoms with Gasteiger partial charge in [0.2, 0.25) is 0 Å². The summed E-state index contributed by atoms with van der Waals surface area (Å²) in [6.45, 7) is 6.35. The first-order chi connectivity index (χ1) is 11.2. The van der Waals surface area contributed by atoms with Crippen LogP contribution in [0.3, 0.4) is 0 Å². The quantitative estimate of drug-likeness (QED) is 0.649. The van der Waals surface area contributed by atoms with Gasteiger partial charge < -0.3 is 4.90 Å². The Balaban J connectivity index is 2.10. The predicted molar refractivity (Wildman–Crippen MR) is 100 cm³/mol. The average molecular weight is 301 g/mol. The van der Waals surface area contributed by atoms with Crippen LogP contribution in [0.2, 0.25) is 0 Å². The SMILES string of the molecule is C/C=C1\C=C(N(c2ccc(C)cc2)c2ccc(C)cc2)C=CC1. The van der Waals surface area contributed by atoms with Crippen molar-refractivity contribution in [2.45, 2.75) is 27.2 Å². The zero-order valence-electron chi connectivity index (χ0n) is 14.1. The highest BCUT2D eigenvalue weighted by Crippen LogP contribution is 2.33. The van der Waals surface area contributed by atoms with Gasteiger partial charge in [-0.25, -0.2) is 0 Å². The average Bonchev–Trinajstić information content (AvgIpc) is 2.59. The van der Waals surface area contributed by atoms with E-state index in [1.165, 1.54) is 33.8 Å². The number of nitrogens with zero attached hydrogens (tertiary/aromatic N) is 1. The third-order valence-electron chi connectivity index (χ3n) is 4.19. The van der Waals surface area contributed by atoms with Crippen LogP contribution in [-0.2, 0) is 0 Å². The molecule has 0 saturated heterocycles. The molecule has 0 radical (unpaired) electrons. The lowest BCUT2D eigenvalue weighted by molar-refractivity contribution is 1.14. The van der Waals surface area contributed by atoms with Crippen molar-refractivity contribution in [3.63, 3.8) is 0 Å². The van der Waals surface area contributed by atoms with Crippen molar-refractivity contribution in [1.82, 2.24) is 0 Å². The summed E-state index contributed by atoms with van der Waals surface area (Å²) in [5.41, 5.74) is 7.49. The summed E-state index contributed by atoms with van der Waals surface area (Å²) >= 11 is 0. The van der Waals surface area contributed by atoms with Gasteiger partial charge in [-0.3, -0.25) is 0 Å². The summed E-state index contributed by atoms with van der Waals surface area (Å²) in [7, 11) is 0. The van der Waals surface area contributed by atoms with E-state index in [0.717, 1.165) is 6.42 Å². The third kappa shape index (κ3) is 3.45. The number of rotatable bonds is 3. The van der Waals surface area contributed by atoms with Gasteiger partial charge in [0.05, 0.1) is 0 Å². The van der Waals surface area contributed by atoms with Crippen LogP contribution in [0.15, 0.2) is 84.1 Å². The van der Waals surface area contributed by atoms with Gasteiger partial charge in [0.1, 0.15) is 0 Å². The van der Waals surface area contributed by atoms with Crippen molar-refractivity contribution in [2.24, 2.45) is 0 Å². The molecule has 0 saturated carbocycles. The molecule has 2 aromatic rings. The summed E-state index contributed by atoms with van der Waals surface area (Å²) in [6.07, 6.45) is 9.92. The fourth-order valence-corrected chi connectivity index (χ4v) is 2.79. The van der Waals surface area contributed by atoms with Crippen LogP contribution in [-0.4, -0.2) is 0 Å². The van der Waals surface area contributed by atoms with Gasteiger partial charge in [-0.15, -0.1) is 0 Å². The summed E-state index contributed by atoms with van der Waals surface area (Å²) in [4.78, 5) is 2.32. The lowest BCUT2D eigenvalue weighted by Gasteiger charge is -2.28. The molecule has 0 heterocycles. The Morgan fingerprint density at radius 1 is 0.826 bits per heavy atom. The maximum Gasteiger partial charge on any atom is 0.0461 e. The molecular formula is C22H23N. The summed E-state index contributed by atoms with van der Waals surface area (Å²) in [6, 6.07) is 17.4. The van der Waals surface area contributed by atoms with Crippen LogP contribution >= 0.6 is 0 Å². The molecule has 116 valence electrons. The van der Waals surface area contributed by atoms with Gasteiger partial charge >= 0.3 is 0 Å². The van der Waals surface area contributed by atoms with Crippen molar-refractivity contribution >= 4 is 11.4 Å². The number of benzene rings is 2. The van der Waals surface area contributed by atoms with Crippen molar-refractivity contribution in [1.29, 1.82) is 0 Å². The second-order valence-corrected chi connectivity index (χ2v) is 6.05. The molecule has 0 aromatic heterocycles. The normalized spacial score (nSPS) is 15.6. The van der Waals surface area contributed by atoms with E-state index in [0.29, 0.717) is 0 Å². The highest BCUT2D eigenvalue weighted by Gasteiger charge is 2.15. The summed E-state index contributed by atoms with van der Waals surface area (Å²) < 4.78 is 0. The zero-order chi connectivity index (χ0) is 16.2. The lowest BCUT2D eigenvalue weighted by Crippen LogP contribution is -2.16. The fraction of sp³-hybridized carbons (Fsp3) is 0.182. The second kappa shape index (κ2) is 6.70. The molecule has 1 aliphatic rings. The standard InChI is InChI=1S/C22H23N/c1-4-19-6-5-7-22(16-19)23(20-12-8-17(2)9-13-20)21-14-10-18(3)11-15-21/h4-5,7-16H,6H2,1-3H3/b19-4-. The first-order valence-electron chi connectivity index (χ1n) is 8.14. The van der Waals surface area contributed by atoms with E-state index in [2.05, 4.69) is 98.5 Å².